The molecule has 1 saturated heterocycles. The normalized spacial score (nSPS) is 19.5. The van der Waals surface area contributed by atoms with E-state index >= 15 is 0 Å². The average Bonchev–Trinajstić information content (AvgIpc) is 2.60. The third kappa shape index (κ3) is 5.74. The molecule has 8 heteroatoms. The van der Waals surface area contributed by atoms with Crippen LogP contribution in [-0.2, 0) is 25.5 Å². The highest BCUT2D eigenvalue weighted by Crippen LogP contribution is 2.28. The molecule has 27 heavy (non-hydrogen) atoms. The third-order valence-electron chi connectivity index (χ3n) is 4.60. The molecule has 0 aliphatic carbocycles. The van der Waals surface area contributed by atoms with E-state index in [-0.39, 0.29) is 38.2 Å². The van der Waals surface area contributed by atoms with Gasteiger partial charge in [-0.3, -0.25) is 9.59 Å². The summed E-state index contributed by atoms with van der Waals surface area (Å²) in [6, 6.07) is 2.70. The van der Waals surface area contributed by atoms with Gasteiger partial charge in [-0.15, -0.1) is 0 Å². The van der Waals surface area contributed by atoms with E-state index in [1.807, 2.05) is 0 Å². The third-order valence-corrected chi connectivity index (χ3v) is 4.60. The van der Waals surface area contributed by atoms with Crippen LogP contribution in [0, 0.1) is 17.6 Å². The summed E-state index contributed by atoms with van der Waals surface area (Å²) < 4.78 is 36.5. The van der Waals surface area contributed by atoms with Gasteiger partial charge in [0.15, 0.2) is 0 Å². The molecule has 0 N–H and O–H groups in total. The van der Waals surface area contributed by atoms with E-state index in [9.17, 15) is 23.2 Å². The number of methoxy groups -OCH3 is 1. The molecule has 1 amide bonds. The highest BCUT2D eigenvalue weighted by atomic mass is 19.1. The number of Topliss-reactive ketones (excluding diaryl/α,β-unsaturated/α-hetero) is 1. The van der Waals surface area contributed by atoms with Gasteiger partial charge in [0, 0.05) is 24.6 Å². The number of halogens is 2. The maximum atomic E-state index is 13.5. The molecule has 0 bridgehead atoms. The van der Waals surface area contributed by atoms with Crippen LogP contribution in [0.2, 0.25) is 0 Å². The maximum Gasteiger partial charge on any atom is 0.409 e. The quantitative estimate of drug-likeness (QED) is 0.558. The van der Waals surface area contributed by atoms with Crippen molar-refractivity contribution >= 4 is 17.8 Å². The monoisotopic (exact) mass is 383 g/mol. The van der Waals surface area contributed by atoms with Gasteiger partial charge in [-0.25, -0.2) is 13.6 Å². The number of piperidine rings is 1. The van der Waals surface area contributed by atoms with Crippen LogP contribution < -0.4 is 0 Å². The first kappa shape index (κ1) is 20.8. The van der Waals surface area contributed by atoms with Crippen molar-refractivity contribution in [3.05, 3.63) is 35.4 Å². The van der Waals surface area contributed by atoms with Crippen LogP contribution in [0.25, 0.3) is 0 Å². The molecular weight excluding hydrogens is 360 g/mol. The van der Waals surface area contributed by atoms with Crippen LogP contribution in [0.3, 0.4) is 0 Å². The molecular formula is C19H23F2NO5. The minimum atomic E-state index is -0.708. The molecule has 1 aliphatic rings. The van der Waals surface area contributed by atoms with E-state index in [0.29, 0.717) is 12.0 Å². The van der Waals surface area contributed by atoms with E-state index in [2.05, 4.69) is 0 Å². The highest BCUT2D eigenvalue weighted by molar-refractivity contribution is 5.96. The van der Waals surface area contributed by atoms with Crippen molar-refractivity contribution in [2.75, 3.05) is 20.3 Å². The summed E-state index contributed by atoms with van der Waals surface area (Å²) in [7, 11) is 1.25. The molecule has 0 spiro atoms. The van der Waals surface area contributed by atoms with Crippen molar-refractivity contribution < 1.29 is 32.6 Å². The summed E-state index contributed by atoms with van der Waals surface area (Å²) >= 11 is 0. The van der Waals surface area contributed by atoms with Gasteiger partial charge in [0.2, 0.25) is 0 Å². The lowest BCUT2D eigenvalue weighted by Crippen LogP contribution is -2.48. The molecule has 6 nitrogen and oxygen atoms in total. The second kappa shape index (κ2) is 9.43. The molecule has 0 radical (unpaired) electrons. The average molecular weight is 383 g/mol. The Labute approximate surface area is 156 Å². The zero-order valence-electron chi connectivity index (χ0n) is 15.4. The Morgan fingerprint density at radius 1 is 1.19 bits per heavy atom. The number of carbonyl (C=O) groups is 3. The van der Waals surface area contributed by atoms with Crippen molar-refractivity contribution in [3.63, 3.8) is 0 Å². The lowest BCUT2D eigenvalue weighted by atomic mass is 9.84. The van der Waals surface area contributed by atoms with Gasteiger partial charge in [0.1, 0.15) is 23.8 Å². The Morgan fingerprint density at radius 2 is 1.85 bits per heavy atom. The number of nitrogens with zero attached hydrogens (tertiary/aromatic N) is 1. The second-order valence-corrected chi connectivity index (χ2v) is 6.47. The SMILES string of the molecule is CCOC(=O)CC(=O)C1CCN(C(=O)OC)C(Cc2cc(F)cc(F)c2)C1. The summed E-state index contributed by atoms with van der Waals surface area (Å²) in [6.45, 7) is 2.11. The first-order valence-electron chi connectivity index (χ1n) is 8.82. The van der Waals surface area contributed by atoms with Gasteiger partial charge < -0.3 is 14.4 Å². The number of benzene rings is 1. The lowest BCUT2D eigenvalue weighted by Gasteiger charge is -2.38. The molecule has 1 fully saturated rings. The number of carbonyl (C=O) groups excluding carboxylic acids is 3. The lowest BCUT2D eigenvalue weighted by molar-refractivity contribution is -0.146. The molecule has 2 rings (SSSR count). The topological polar surface area (TPSA) is 72.9 Å². The summed E-state index contributed by atoms with van der Waals surface area (Å²) in [6.07, 6.45) is -0.0363. The van der Waals surface area contributed by atoms with Crippen LogP contribution in [-0.4, -0.2) is 49.0 Å². The number of ketones is 1. The first-order chi connectivity index (χ1) is 12.8. The summed E-state index contributed by atoms with van der Waals surface area (Å²) in [5.41, 5.74) is 0.380. The number of hydrogen-bond acceptors (Lipinski definition) is 5. The standard InChI is InChI=1S/C19H23F2NO5/c1-3-27-18(24)11-17(23)13-4-5-22(19(25)26-2)16(9-13)8-12-6-14(20)10-15(21)7-12/h6-7,10,13,16H,3-5,8-9,11H2,1-2H3. The molecule has 1 aromatic rings. The molecule has 0 aromatic heterocycles. The van der Waals surface area contributed by atoms with E-state index in [0.717, 1.165) is 6.07 Å². The van der Waals surface area contributed by atoms with Crippen molar-refractivity contribution in [1.29, 1.82) is 0 Å². The van der Waals surface area contributed by atoms with E-state index in [1.54, 1.807) is 6.92 Å². The molecule has 2 atom stereocenters. The highest BCUT2D eigenvalue weighted by Gasteiger charge is 2.36. The fraction of sp³-hybridized carbons (Fsp3) is 0.526. The first-order valence-corrected chi connectivity index (χ1v) is 8.82. The van der Waals surface area contributed by atoms with E-state index in [4.69, 9.17) is 9.47 Å². The fourth-order valence-corrected chi connectivity index (χ4v) is 3.39. The number of amides is 1. The Kier molecular flexibility index (Phi) is 7.27. The van der Waals surface area contributed by atoms with Gasteiger partial charge >= 0.3 is 12.1 Å². The van der Waals surface area contributed by atoms with Gasteiger partial charge in [-0.1, -0.05) is 0 Å². The largest absolute Gasteiger partial charge is 0.466 e. The molecule has 2 unspecified atom stereocenters. The number of likely N-dealkylation sites (tertiary alicyclic amines) is 1. The Balaban J connectivity index is 2.13. The second-order valence-electron chi connectivity index (χ2n) is 6.47. The van der Waals surface area contributed by atoms with Gasteiger partial charge in [0.25, 0.3) is 0 Å². The number of rotatable bonds is 6. The van der Waals surface area contributed by atoms with Crippen LogP contribution in [0.1, 0.15) is 31.7 Å². The van der Waals surface area contributed by atoms with Crippen LogP contribution >= 0.6 is 0 Å². The molecule has 1 heterocycles. The fourth-order valence-electron chi connectivity index (χ4n) is 3.39. The Hall–Kier alpha value is -2.51. The van der Waals surface area contributed by atoms with Crippen molar-refractivity contribution in [2.24, 2.45) is 5.92 Å². The van der Waals surface area contributed by atoms with Crippen LogP contribution in [0.15, 0.2) is 18.2 Å². The predicted octanol–water partition coefficient (Wildman–Crippen LogP) is 2.88. The van der Waals surface area contributed by atoms with Crippen LogP contribution in [0.5, 0.6) is 0 Å². The van der Waals surface area contributed by atoms with Gasteiger partial charge in [-0.2, -0.15) is 0 Å². The van der Waals surface area contributed by atoms with E-state index < -0.39 is 35.7 Å². The minimum Gasteiger partial charge on any atom is -0.466 e. The molecule has 148 valence electrons. The minimum absolute atomic E-state index is 0.174. The summed E-state index contributed by atoms with van der Waals surface area (Å²) in [4.78, 5) is 37.4. The Morgan fingerprint density at radius 3 is 2.44 bits per heavy atom. The molecule has 1 aliphatic heterocycles. The van der Waals surface area contributed by atoms with Crippen molar-refractivity contribution in [3.8, 4) is 0 Å². The van der Waals surface area contributed by atoms with Crippen LogP contribution in [0.4, 0.5) is 13.6 Å². The molecule has 0 saturated carbocycles. The van der Waals surface area contributed by atoms with Gasteiger partial charge in [0.05, 0.1) is 13.7 Å². The maximum absolute atomic E-state index is 13.5. The smallest absolute Gasteiger partial charge is 0.409 e. The molecule has 1 aromatic carbocycles. The number of hydrogen-bond donors (Lipinski definition) is 0. The zero-order valence-corrected chi connectivity index (χ0v) is 15.4. The van der Waals surface area contributed by atoms with Gasteiger partial charge in [-0.05, 0) is 43.9 Å². The van der Waals surface area contributed by atoms with Crippen molar-refractivity contribution in [2.45, 2.75) is 38.6 Å². The number of ether oxygens (including phenoxy) is 2. The summed E-state index contributed by atoms with van der Waals surface area (Å²) in [5.74, 6) is -2.69. The Bertz CT molecular complexity index is 689. The van der Waals surface area contributed by atoms with Crippen molar-refractivity contribution in [1.82, 2.24) is 4.90 Å². The zero-order chi connectivity index (χ0) is 20.0. The predicted molar refractivity (Wildman–Crippen MR) is 91.9 cm³/mol. The summed E-state index contributed by atoms with van der Waals surface area (Å²) in [5, 5.41) is 0. The van der Waals surface area contributed by atoms with E-state index in [1.165, 1.54) is 24.1 Å². The number of esters is 1.